The molecule has 0 aliphatic heterocycles. The van der Waals surface area contributed by atoms with Crippen LogP contribution in [0.25, 0.3) is 0 Å². The number of nitrogens with one attached hydrogen (secondary N) is 1. The van der Waals surface area contributed by atoms with Crippen LogP contribution in [0, 0.1) is 20.8 Å². The van der Waals surface area contributed by atoms with Crippen molar-refractivity contribution in [2.45, 2.75) is 52.1 Å². The van der Waals surface area contributed by atoms with Gasteiger partial charge in [0.2, 0.25) is 11.8 Å². The van der Waals surface area contributed by atoms with Gasteiger partial charge in [-0.05, 0) is 75.6 Å². The summed E-state index contributed by atoms with van der Waals surface area (Å²) in [5, 5.41) is 3.14. The zero-order valence-corrected chi connectivity index (χ0v) is 23.9. The van der Waals surface area contributed by atoms with Crippen LogP contribution in [0.2, 0.25) is 5.02 Å². The summed E-state index contributed by atoms with van der Waals surface area (Å²) in [5.41, 5.74) is 3.56. The molecule has 0 radical (unpaired) electrons. The summed E-state index contributed by atoms with van der Waals surface area (Å²) in [6.07, 6.45) is 0. The van der Waals surface area contributed by atoms with E-state index >= 15 is 0 Å². The van der Waals surface area contributed by atoms with E-state index in [-0.39, 0.29) is 17.3 Å². The maximum Gasteiger partial charge on any atom is 0.264 e. The molecule has 3 aromatic rings. The fraction of sp³-hybridized carbons (Fsp3) is 0.310. The van der Waals surface area contributed by atoms with E-state index in [1.807, 2.05) is 38.1 Å². The van der Waals surface area contributed by atoms with E-state index in [4.69, 9.17) is 11.6 Å². The second-order valence-electron chi connectivity index (χ2n) is 9.23. The molecule has 0 saturated heterocycles. The Morgan fingerprint density at radius 1 is 0.947 bits per heavy atom. The summed E-state index contributed by atoms with van der Waals surface area (Å²) in [4.78, 5) is 28.2. The van der Waals surface area contributed by atoms with Crippen molar-refractivity contribution in [2.24, 2.45) is 0 Å². The standard InChI is InChI=1S/C29H34ClN3O4S/c1-6-31-29(35)23(5)32(18-24-11-8-7-10-21(24)3)28(34)19-33(27-13-9-12-26(30)22(27)4)38(36,37)25-16-14-20(2)15-17-25/h7-17,23H,6,18-19H2,1-5H3,(H,31,35). The number of anilines is 1. The van der Waals surface area contributed by atoms with Gasteiger partial charge in [0.05, 0.1) is 10.6 Å². The van der Waals surface area contributed by atoms with Crippen molar-refractivity contribution in [1.29, 1.82) is 0 Å². The maximum atomic E-state index is 13.9. The first-order valence-corrected chi connectivity index (χ1v) is 14.2. The number of benzene rings is 3. The number of amides is 2. The molecule has 0 bridgehead atoms. The first kappa shape index (κ1) is 29.2. The van der Waals surface area contributed by atoms with Crippen molar-refractivity contribution in [3.05, 3.63) is 94.0 Å². The molecule has 2 amide bonds. The highest BCUT2D eigenvalue weighted by molar-refractivity contribution is 7.92. The Morgan fingerprint density at radius 2 is 1.61 bits per heavy atom. The van der Waals surface area contributed by atoms with Crippen LogP contribution in [-0.2, 0) is 26.2 Å². The monoisotopic (exact) mass is 555 g/mol. The molecule has 3 rings (SSSR count). The van der Waals surface area contributed by atoms with Gasteiger partial charge in [-0.25, -0.2) is 8.42 Å². The molecule has 202 valence electrons. The highest BCUT2D eigenvalue weighted by Gasteiger charge is 2.33. The summed E-state index contributed by atoms with van der Waals surface area (Å²) in [6, 6.07) is 18.1. The summed E-state index contributed by atoms with van der Waals surface area (Å²) in [5.74, 6) is -0.830. The Labute approximate surface area is 230 Å². The van der Waals surface area contributed by atoms with E-state index < -0.39 is 28.5 Å². The minimum Gasteiger partial charge on any atom is -0.355 e. The normalized spacial score (nSPS) is 12.1. The van der Waals surface area contributed by atoms with Crippen molar-refractivity contribution in [1.82, 2.24) is 10.2 Å². The van der Waals surface area contributed by atoms with Gasteiger partial charge in [-0.2, -0.15) is 0 Å². The van der Waals surface area contributed by atoms with Crippen LogP contribution in [-0.4, -0.2) is 44.3 Å². The van der Waals surface area contributed by atoms with E-state index in [9.17, 15) is 18.0 Å². The lowest BCUT2D eigenvalue weighted by Gasteiger charge is -2.32. The highest BCUT2D eigenvalue weighted by atomic mass is 35.5. The lowest BCUT2D eigenvalue weighted by atomic mass is 10.1. The highest BCUT2D eigenvalue weighted by Crippen LogP contribution is 2.31. The number of rotatable bonds is 10. The van der Waals surface area contributed by atoms with Gasteiger partial charge in [0, 0.05) is 18.1 Å². The van der Waals surface area contributed by atoms with Crippen LogP contribution < -0.4 is 9.62 Å². The molecule has 0 aliphatic carbocycles. The SMILES string of the molecule is CCNC(=O)C(C)N(Cc1ccccc1C)C(=O)CN(c1cccc(Cl)c1C)S(=O)(=O)c1ccc(C)cc1. The zero-order chi connectivity index (χ0) is 28.0. The molecule has 7 nitrogen and oxygen atoms in total. The molecule has 1 N–H and O–H groups in total. The van der Waals surface area contributed by atoms with Gasteiger partial charge >= 0.3 is 0 Å². The third-order valence-electron chi connectivity index (χ3n) is 6.52. The van der Waals surface area contributed by atoms with E-state index in [1.165, 1.54) is 17.0 Å². The third-order valence-corrected chi connectivity index (χ3v) is 8.70. The molecule has 3 aromatic carbocycles. The summed E-state index contributed by atoms with van der Waals surface area (Å²) in [6.45, 7) is 9.00. The number of carbonyl (C=O) groups is 2. The predicted octanol–water partition coefficient (Wildman–Crippen LogP) is 5.01. The fourth-order valence-electron chi connectivity index (χ4n) is 4.09. The van der Waals surface area contributed by atoms with Crippen molar-refractivity contribution in [3.63, 3.8) is 0 Å². The van der Waals surface area contributed by atoms with Crippen LogP contribution in [0.15, 0.2) is 71.6 Å². The molecular formula is C29H34ClN3O4S. The summed E-state index contributed by atoms with van der Waals surface area (Å²) >= 11 is 6.36. The molecule has 1 unspecified atom stereocenters. The molecule has 0 fully saturated rings. The second-order valence-corrected chi connectivity index (χ2v) is 11.5. The number of likely N-dealkylation sites (N-methyl/N-ethyl adjacent to an activating group) is 1. The van der Waals surface area contributed by atoms with E-state index in [2.05, 4.69) is 5.32 Å². The molecule has 1 atom stereocenters. The van der Waals surface area contributed by atoms with Crippen LogP contribution in [0.3, 0.4) is 0 Å². The summed E-state index contributed by atoms with van der Waals surface area (Å²) in [7, 11) is -4.15. The summed E-state index contributed by atoms with van der Waals surface area (Å²) < 4.78 is 28.9. The first-order valence-electron chi connectivity index (χ1n) is 12.4. The van der Waals surface area contributed by atoms with Crippen LogP contribution in [0.4, 0.5) is 5.69 Å². The van der Waals surface area contributed by atoms with Gasteiger partial charge in [0.15, 0.2) is 0 Å². The van der Waals surface area contributed by atoms with E-state index in [1.54, 1.807) is 51.1 Å². The largest absolute Gasteiger partial charge is 0.355 e. The Bertz CT molecular complexity index is 1410. The van der Waals surface area contributed by atoms with Crippen LogP contribution >= 0.6 is 11.6 Å². The average Bonchev–Trinajstić information content (AvgIpc) is 2.88. The number of halogens is 1. The minimum absolute atomic E-state index is 0.0532. The lowest BCUT2D eigenvalue weighted by Crippen LogP contribution is -2.51. The smallest absolute Gasteiger partial charge is 0.264 e. The van der Waals surface area contributed by atoms with Gasteiger partial charge in [-0.15, -0.1) is 0 Å². The topological polar surface area (TPSA) is 86.8 Å². The Balaban J connectivity index is 2.09. The van der Waals surface area contributed by atoms with E-state index in [0.29, 0.717) is 22.8 Å². The number of sulfonamides is 1. The molecule has 9 heteroatoms. The Hall–Kier alpha value is -3.36. The number of hydrogen-bond donors (Lipinski definition) is 1. The Morgan fingerprint density at radius 3 is 2.24 bits per heavy atom. The molecule has 0 heterocycles. The maximum absolute atomic E-state index is 13.9. The van der Waals surface area contributed by atoms with Crippen LogP contribution in [0.5, 0.6) is 0 Å². The quantitative estimate of drug-likeness (QED) is 0.381. The van der Waals surface area contributed by atoms with Gasteiger partial charge in [-0.3, -0.25) is 13.9 Å². The zero-order valence-electron chi connectivity index (χ0n) is 22.4. The second kappa shape index (κ2) is 12.5. The Kier molecular flexibility index (Phi) is 9.57. The predicted molar refractivity (Wildman–Crippen MR) is 152 cm³/mol. The van der Waals surface area contributed by atoms with Crippen LogP contribution in [0.1, 0.15) is 36.1 Å². The number of carbonyl (C=O) groups excluding carboxylic acids is 2. The van der Waals surface area contributed by atoms with Gasteiger partial charge in [0.1, 0.15) is 12.6 Å². The molecule has 38 heavy (non-hydrogen) atoms. The first-order chi connectivity index (χ1) is 18.0. The fourth-order valence-corrected chi connectivity index (χ4v) is 5.73. The van der Waals surface area contributed by atoms with Crippen molar-refractivity contribution in [3.8, 4) is 0 Å². The molecular weight excluding hydrogens is 522 g/mol. The van der Waals surface area contributed by atoms with Gasteiger partial charge < -0.3 is 10.2 Å². The third kappa shape index (κ3) is 6.55. The van der Waals surface area contributed by atoms with Gasteiger partial charge in [0.25, 0.3) is 10.0 Å². The molecule has 0 spiro atoms. The van der Waals surface area contributed by atoms with Gasteiger partial charge in [-0.1, -0.05) is 59.6 Å². The molecule has 0 saturated carbocycles. The lowest BCUT2D eigenvalue weighted by molar-refractivity contribution is -0.139. The van der Waals surface area contributed by atoms with Crippen molar-refractivity contribution in [2.75, 3.05) is 17.4 Å². The van der Waals surface area contributed by atoms with E-state index in [0.717, 1.165) is 21.0 Å². The van der Waals surface area contributed by atoms with Crippen molar-refractivity contribution < 1.29 is 18.0 Å². The minimum atomic E-state index is -4.15. The average molecular weight is 556 g/mol. The molecule has 0 aliphatic rings. The molecule has 0 aromatic heterocycles. The number of aryl methyl sites for hydroxylation is 2. The van der Waals surface area contributed by atoms with Crippen molar-refractivity contribution >= 4 is 39.1 Å². The number of nitrogens with zero attached hydrogens (tertiary/aromatic N) is 2. The number of hydrogen-bond acceptors (Lipinski definition) is 4.